The Balaban J connectivity index is 0.000000217. The van der Waals surface area contributed by atoms with E-state index in [1.165, 1.54) is 5.56 Å². The fourth-order valence-electron chi connectivity index (χ4n) is 0.646. The van der Waals surface area contributed by atoms with Gasteiger partial charge in [0.05, 0.1) is 6.61 Å². The quantitative estimate of drug-likeness (QED) is 0.700. The third-order valence-corrected chi connectivity index (χ3v) is 1.31. The Labute approximate surface area is 72.7 Å². The first-order valence-corrected chi connectivity index (χ1v) is 4.02. The average Bonchev–Trinajstić information content (AvgIpc) is 2.58. The van der Waals surface area contributed by atoms with Crippen LogP contribution >= 0.6 is 0 Å². The molecule has 1 aromatic heterocycles. The normalized spacial score (nSPS) is 8.17. The van der Waals surface area contributed by atoms with Gasteiger partial charge >= 0.3 is 0 Å². The first kappa shape index (κ1) is 10.8. The zero-order valence-electron chi connectivity index (χ0n) is 7.54. The summed E-state index contributed by atoms with van der Waals surface area (Å²) in [6.07, 6.45) is 5.09. The molecular formula is C9H15NO2. The fourth-order valence-corrected chi connectivity index (χ4v) is 0.646. The lowest BCUT2D eigenvalue weighted by Crippen LogP contribution is -1.80. The number of aromatic amines is 1. The molecule has 1 heterocycles. The molecular weight excluding hydrogens is 154 g/mol. The summed E-state index contributed by atoms with van der Waals surface area (Å²) >= 11 is 0. The summed E-state index contributed by atoms with van der Waals surface area (Å²) in [6, 6.07) is 2.08. The van der Waals surface area contributed by atoms with E-state index in [9.17, 15) is 4.79 Å². The van der Waals surface area contributed by atoms with Gasteiger partial charge in [-0.25, -0.2) is 0 Å². The van der Waals surface area contributed by atoms with Crippen molar-refractivity contribution in [3.63, 3.8) is 0 Å². The number of rotatable bonds is 3. The highest BCUT2D eigenvalue weighted by Gasteiger charge is 1.81. The van der Waals surface area contributed by atoms with Crippen LogP contribution in [0.15, 0.2) is 18.5 Å². The number of hydrogen-bond acceptors (Lipinski definition) is 2. The van der Waals surface area contributed by atoms with E-state index >= 15 is 0 Å². The van der Waals surface area contributed by atoms with Gasteiger partial charge in [-0.1, -0.05) is 6.92 Å². The van der Waals surface area contributed by atoms with Crippen molar-refractivity contribution < 1.29 is 9.53 Å². The molecule has 0 bridgehead atoms. The molecule has 68 valence electrons. The van der Waals surface area contributed by atoms with E-state index in [2.05, 4.69) is 22.7 Å². The van der Waals surface area contributed by atoms with Gasteiger partial charge in [0.1, 0.15) is 0 Å². The molecule has 0 amide bonds. The molecule has 0 spiro atoms. The van der Waals surface area contributed by atoms with Crippen molar-refractivity contribution in [3.05, 3.63) is 24.0 Å². The molecule has 3 nitrogen and oxygen atoms in total. The third-order valence-electron chi connectivity index (χ3n) is 1.31. The largest absolute Gasteiger partial charge is 0.468 e. The Morgan fingerprint density at radius 3 is 2.50 bits per heavy atom. The van der Waals surface area contributed by atoms with Crippen molar-refractivity contribution in [1.82, 2.24) is 4.98 Å². The molecule has 0 aliphatic carbocycles. The SMILES string of the molecule is CCOC=O.CCc1cc[nH]c1. The number of ether oxygens (including phenoxy) is 1. The van der Waals surface area contributed by atoms with E-state index in [-0.39, 0.29) is 0 Å². The molecule has 0 aliphatic rings. The number of carbonyl (C=O) groups is 1. The van der Waals surface area contributed by atoms with E-state index in [1.807, 2.05) is 12.4 Å². The second kappa shape index (κ2) is 7.85. The highest BCUT2D eigenvalue weighted by molar-refractivity contribution is 5.36. The monoisotopic (exact) mass is 169 g/mol. The van der Waals surface area contributed by atoms with Gasteiger partial charge in [-0.15, -0.1) is 0 Å². The molecule has 0 fully saturated rings. The van der Waals surface area contributed by atoms with Crippen LogP contribution in [0.25, 0.3) is 0 Å². The Kier molecular flexibility index (Phi) is 7.03. The van der Waals surface area contributed by atoms with Gasteiger partial charge in [0.2, 0.25) is 0 Å². The molecule has 0 aliphatic heterocycles. The minimum atomic E-state index is 0.431. The third kappa shape index (κ3) is 5.53. The van der Waals surface area contributed by atoms with Crippen LogP contribution < -0.4 is 0 Å². The number of aromatic nitrogens is 1. The van der Waals surface area contributed by atoms with Crippen molar-refractivity contribution in [2.45, 2.75) is 20.3 Å². The standard InChI is InChI=1S/C6H9N.C3H6O2/c1-2-6-3-4-7-5-6;1-2-5-3-4/h3-5,7H,2H2,1H3;3H,2H2,1H3. The smallest absolute Gasteiger partial charge is 0.293 e. The summed E-state index contributed by atoms with van der Waals surface area (Å²) in [5.41, 5.74) is 1.38. The van der Waals surface area contributed by atoms with Crippen molar-refractivity contribution in [1.29, 1.82) is 0 Å². The Bertz CT molecular complexity index is 182. The molecule has 12 heavy (non-hydrogen) atoms. The van der Waals surface area contributed by atoms with Crippen molar-refractivity contribution in [2.24, 2.45) is 0 Å². The minimum Gasteiger partial charge on any atom is -0.468 e. The zero-order valence-corrected chi connectivity index (χ0v) is 7.54. The number of nitrogens with one attached hydrogen (secondary N) is 1. The lowest BCUT2D eigenvalue weighted by molar-refractivity contribution is -0.128. The molecule has 0 aromatic carbocycles. The van der Waals surface area contributed by atoms with Crippen LogP contribution in [-0.2, 0) is 16.0 Å². The lowest BCUT2D eigenvalue weighted by atomic mass is 10.3. The summed E-state index contributed by atoms with van der Waals surface area (Å²) in [5, 5.41) is 0. The van der Waals surface area contributed by atoms with E-state index in [0.29, 0.717) is 13.1 Å². The van der Waals surface area contributed by atoms with Gasteiger partial charge in [-0.3, -0.25) is 4.79 Å². The summed E-state index contributed by atoms with van der Waals surface area (Å²) < 4.78 is 4.15. The van der Waals surface area contributed by atoms with Gasteiger partial charge in [0, 0.05) is 12.4 Å². The summed E-state index contributed by atoms with van der Waals surface area (Å²) in [4.78, 5) is 12.2. The van der Waals surface area contributed by atoms with Crippen molar-refractivity contribution in [3.8, 4) is 0 Å². The molecule has 1 aromatic rings. The number of H-pyrrole nitrogens is 1. The second-order valence-electron chi connectivity index (χ2n) is 2.12. The maximum absolute atomic E-state index is 9.18. The molecule has 0 unspecified atom stereocenters. The molecule has 1 N–H and O–H groups in total. The van der Waals surface area contributed by atoms with Crippen LogP contribution in [0.2, 0.25) is 0 Å². The Morgan fingerprint density at radius 2 is 2.33 bits per heavy atom. The van der Waals surface area contributed by atoms with Crippen LogP contribution in [0.3, 0.4) is 0 Å². The average molecular weight is 169 g/mol. The maximum Gasteiger partial charge on any atom is 0.293 e. The van der Waals surface area contributed by atoms with E-state index in [1.54, 1.807) is 6.92 Å². The predicted octanol–water partition coefficient (Wildman–Crippen LogP) is 1.76. The first-order chi connectivity index (χ1) is 5.85. The maximum atomic E-state index is 9.18. The van der Waals surface area contributed by atoms with Crippen LogP contribution in [0.1, 0.15) is 19.4 Å². The van der Waals surface area contributed by atoms with Crippen LogP contribution in [-0.4, -0.2) is 18.1 Å². The fraction of sp³-hybridized carbons (Fsp3) is 0.444. The highest BCUT2D eigenvalue weighted by Crippen LogP contribution is 1.94. The first-order valence-electron chi connectivity index (χ1n) is 4.02. The summed E-state index contributed by atoms with van der Waals surface area (Å²) in [6.45, 7) is 4.81. The summed E-state index contributed by atoms with van der Waals surface area (Å²) in [5.74, 6) is 0. The molecule has 0 saturated heterocycles. The van der Waals surface area contributed by atoms with Crippen molar-refractivity contribution in [2.75, 3.05) is 6.61 Å². The Morgan fingerprint density at radius 1 is 1.58 bits per heavy atom. The van der Waals surface area contributed by atoms with Crippen LogP contribution in [0, 0.1) is 0 Å². The molecule has 3 heteroatoms. The van der Waals surface area contributed by atoms with E-state index in [0.717, 1.165) is 6.42 Å². The molecule has 0 saturated carbocycles. The lowest BCUT2D eigenvalue weighted by Gasteiger charge is -1.79. The number of aryl methyl sites for hydroxylation is 1. The highest BCUT2D eigenvalue weighted by atomic mass is 16.5. The van der Waals surface area contributed by atoms with E-state index in [4.69, 9.17) is 0 Å². The van der Waals surface area contributed by atoms with Crippen LogP contribution in [0.4, 0.5) is 0 Å². The molecule has 0 radical (unpaired) electrons. The topological polar surface area (TPSA) is 42.1 Å². The summed E-state index contributed by atoms with van der Waals surface area (Å²) in [7, 11) is 0. The molecule has 0 atom stereocenters. The predicted molar refractivity (Wildman–Crippen MR) is 47.9 cm³/mol. The van der Waals surface area contributed by atoms with Gasteiger partial charge in [-0.05, 0) is 25.0 Å². The van der Waals surface area contributed by atoms with Crippen molar-refractivity contribution >= 4 is 6.47 Å². The van der Waals surface area contributed by atoms with E-state index < -0.39 is 0 Å². The van der Waals surface area contributed by atoms with Gasteiger partial charge in [0.25, 0.3) is 6.47 Å². The van der Waals surface area contributed by atoms with Gasteiger partial charge < -0.3 is 9.72 Å². The Hall–Kier alpha value is -1.25. The van der Waals surface area contributed by atoms with Gasteiger partial charge in [0.15, 0.2) is 0 Å². The minimum absolute atomic E-state index is 0.431. The van der Waals surface area contributed by atoms with Crippen LogP contribution in [0.5, 0.6) is 0 Å². The number of carbonyl (C=O) groups excluding carboxylic acids is 1. The second-order valence-corrected chi connectivity index (χ2v) is 2.12. The number of hydrogen-bond donors (Lipinski definition) is 1. The zero-order chi connectivity index (χ0) is 9.23. The van der Waals surface area contributed by atoms with Gasteiger partial charge in [-0.2, -0.15) is 0 Å². The molecule has 1 rings (SSSR count).